The van der Waals surface area contributed by atoms with E-state index in [9.17, 15) is 4.39 Å². The standard InChI is InChI=1S/C17H19ClFNS/c1-2-16(20)17(13-5-9-15(19)10-6-13)21-11-12-3-7-14(18)8-4-12/h3-10,16-17H,2,11,20H2,1H3. The molecular formula is C17H19ClFNS. The Labute approximate surface area is 134 Å². The van der Waals surface area contributed by atoms with Gasteiger partial charge in [-0.15, -0.1) is 11.8 Å². The first-order valence-electron chi connectivity index (χ1n) is 6.97. The summed E-state index contributed by atoms with van der Waals surface area (Å²) in [6, 6.07) is 14.5. The third-order valence-electron chi connectivity index (χ3n) is 3.40. The summed E-state index contributed by atoms with van der Waals surface area (Å²) in [7, 11) is 0. The van der Waals surface area contributed by atoms with Crippen molar-refractivity contribution in [1.29, 1.82) is 0 Å². The Balaban J connectivity index is 2.09. The molecule has 21 heavy (non-hydrogen) atoms. The van der Waals surface area contributed by atoms with Crippen molar-refractivity contribution in [2.45, 2.75) is 30.4 Å². The quantitative estimate of drug-likeness (QED) is 0.791. The van der Waals surface area contributed by atoms with E-state index >= 15 is 0 Å². The molecule has 112 valence electrons. The zero-order chi connectivity index (χ0) is 15.2. The maximum absolute atomic E-state index is 13.1. The van der Waals surface area contributed by atoms with Crippen molar-refractivity contribution >= 4 is 23.4 Å². The topological polar surface area (TPSA) is 26.0 Å². The third-order valence-corrected chi connectivity index (χ3v) is 5.13. The smallest absolute Gasteiger partial charge is 0.123 e. The molecule has 0 aromatic heterocycles. The van der Waals surface area contributed by atoms with Crippen LogP contribution >= 0.6 is 23.4 Å². The first kappa shape index (κ1) is 16.3. The molecule has 0 amide bonds. The van der Waals surface area contributed by atoms with E-state index in [4.69, 9.17) is 17.3 Å². The van der Waals surface area contributed by atoms with E-state index in [2.05, 4.69) is 6.92 Å². The zero-order valence-corrected chi connectivity index (χ0v) is 13.5. The molecular weight excluding hydrogens is 305 g/mol. The predicted octanol–water partition coefficient (Wildman–Crippen LogP) is 5.19. The van der Waals surface area contributed by atoms with E-state index in [1.807, 2.05) is 36.4 Å². The number of halogens is 2. The van der Waals surface area contributed by atoms with Crippen molar-refractivity contribution in [2.75, 3.05) is 0 Å². The van der Waals surface area contributed by atoms with Crippen LogP contribution in [-0.2, 0) is 5.75 Å². The highest BCUT2D eigenvalue weighted by atomic mass is 35.5. The molecule has 0 radical (unpaired) electrons. The van der Waals surface area contributed by atoms with Crippen LogP contribution in [0.15, 0.2) is 48.5 Å². The molecule has 0 saturated carbocycles. The summed E-state index contributed by atoms with van der Waals surface area (Å²) in [6.07, 6.45) is 0.885. The van der Waals surface area contributed by atoms with Gasteiger partial charge in [-0.1, -0.05) is 42.8 Å². The predicted molar refractivity (Wildman–Crippen MR) is 90.2 cm³/mol. The average Bonchev–Trinajstić information content (AvgIpc) is 2.50. The summed E-state index contributed by atoms with van der Waals surface area (Å²) in [5, 5.41) is 0.898. The monoisotopic (exact) mass is 323 g/mol. The molecule has 2 N–H and O–H groups in total. The lowest BCUT2D eigenvalue weighted by Crippen LogP contribution is -2.25. The van der Waals surface area contributed by atoms with Gasteiger partial charge in [0.05, 0.1) is 0 Å². The minimum atomic E-state index is -0.217. The Bertz CT molecular complexity index is 556. The number of benzene rings is 2. The highest BCUT2D eigenvalue weighted by molar-refractivity contribution is 7.98. The maximum Gasteiger partial charge on any atom is 0.123 e. The fourth-order valence-corrected chi connectivity index (χ4v) is 3.58. The molecule has 0 bridgehead atoms. The van der Waals surface area contributed by atoms with Crippen LogP contribution in [0.3, 0.4) is 0 Å². The Morgan fingerprint density at radius 3 is 2.29 bits per heavy atom. The molecule has 1 nitrogen and oxygen atoms in total. The van der Waals surface area contributed by atoms with E-state index in [-0.39, 0.29) is 17.1 Å². The van der Waals surface area contributed by atoms with Gasteiger partial charge in [0.25, 0.3) is 0 Å². The molecule has 2 unspecified atom stereocenters. The molecule has 0 fully saturated rings. The van der Waals surface area contributed by atoms with Crippen LogP contribution in [0.1, 0.15) is 29.7 Å². The van der Waals surface area contributed by atoms with Crippen molar-refractivity contribution in [2.24, 2.45) is 5.73 Å². The highest BCUT2D eigenvalue weighted by Gasteiger charge is 2.19. The molecule has 0 aliphatic carbocycles. The molecule has 2 aromatic carbocycles. The van der Waals surface area contributed by atoms with Gasteiger partial charge in [0, 0.05) is 22.1 Å². The molecule has 4 heteroatoms. The first-order chi connectivity index (χ1) is 10.1. The lowest BCUT2D eigenvalue weighted by Gasteiger charge is -2.23. The fraction of sp³-hybridized carbons (Fsp3) is 0.294. The Morgan fingerprint density at radius 1 is 1.10 bits per heavy atom. The number of hydrogen-bond acceptors (Lipinski definition) is 2. The average molecular weight is 324 g/mol. The summed E-state index contributed by atoms with van der Waals surface area (Å²) >= 11 is 7.68. The van der Waals surface area contributed by atoms with E-state index in [1.165, 1.54) is 17.7 Å². The molecule has 0 saturated heterocycles. The van der Waals surface area contributed by atoms with Crippen molar-refractivity contribution in [1.82, 2.24) is 0 Å². The molecule has 0 heterocycles. The largest absolute Gasteiger partial charge is 0.326 e. The molecule has 0 spiro atoms. The second-order valence-corrected chi connectivity index (χ2v) is 6.55. The van der Waals surface area contributed by atoms with Crippen LogP contribution < -0.4 is 5.73 Å². The van der Waals surface area contributed by atoms with Crippen LogP contribution in [0.2, 0.25) is 5.02 Å². The number of rotatable bonds is 6. The second-order valence-electron chi connectivity index (χ2n) is 4.98. The van der Waals surface area contributed by atoms with Gasteiger partial charge in [-0.2, -0.15) is 0 Å². The van der Waals surface area contributed by atoms with Gasteiger partial charge in [0.1, 0.15) is 5.82 Å². The van der Waals surface area contributed by atoms with Crippen LogP contribution in [0.4, 0.5) is 4.39 Å². The van der Waals surface area contributed by atoms with Crippen molar-refractivity contribution in [3.63, 3.8) is 0 Å². The van der Waals surface area contributed by atoms with E-state index in [0.717, 1.165) is 22.8 Å². The van der Waals surface area contributed by atoms with Gasteiger partial charge in [-0.3, -0.25) is 0 Å². The van der Waals surface area contributed by atoms with Crippen LogP contribution in [0.5, 0.6) is 0 Å². The number of nitrogens with two attached hydrogens (primary N) is 1. The number of hydrogen-bond donors (Lipinski definition) is 1. The normalized spacial score (nSPS) is 13.9. The van der Waals surface area contributed by atoms with E-state index < -0.39 is 0 Å². The minimum Gasteiger partial charge on any atom is -0.326 e. The van der Waals surface area contributed by atoms with Gasteiger partial charge in [0.2, 0.25) is 0 Å². The summed E-state index contributed by atoms with van der Waals surface area (Å²) in [4.78, 5) is 0. The Morgan fingerprint density at radius 2 is 1.71 bits per heavy atom. The molecule has 0 aliphatic heterocycles. The van der Waals surface area contributed by atoms with Gasteiger partial charge in [0.15, 0.2) is 0 Å². The van der Waals surface area contributed by atoms with E-state index in [1.54, 1.807) is 11.8 Å². The lowest BCUT2D eigenvalue weighted by molar-refractivity contribution is 0.617. The van der Waals surface area contributed by atoms with Crippen molar-refractivity contribution in [3.05, 3.63) is 70.5 Å². The van der Waals surface area contributed by atoms with Crippen molar-refractivity contribution in [3.8, 4) is 0 Å². The molecule has 2 aromatic rings. The second kappa shape index (κ2) is 7.83. The SMILES string of the molecule is CCC(N)C(SCc1ccc(Cl)cc1)c1ccc(F)cc1. The highest BCUT2D eigenvalue weighted by Crippen LogP contribution is 2.35. The molecule has 0 aliphatic rings. The fourth-order valence-electron chi connectivity index (χ4n) is 2.10. The Hall–Kier alpha value is -1.03. The number of thioether (sulfide) groups is 1. The van der Waals surface area contributed by atoms with Gasteiger partial charge in [-0.05, 0) is 41.8 Å². The summed E-state index contributed by atoms with van der Waals surface area (Å²) in [5.74, 6) is 0.637. The van der Waals surface area contributed by atoms with Crippen molar-refractivity contribution < 1.29 is 4.39 Å². The summed E-state index contributed by atoms with van der Waals surface area (Å²) in [6.45, 7) is 2.07. The maximum atomic E-state index is 13.1. The van der Waals surface area contributed by atoms with E-state index in [0.29, 0.717) is 0 Å². The van der Waals surface area contributed by atoms with Gasteiger partial charge < -0.3 is 5.73 Å². The minimum absolute atomic E-state index is 0.0489. The zero-order valence-electron chi connectivity index (χ0n) is 11.9. The van der Waals surface area contributed by atoms with Crippen LogP contribution in [0.25, 0.3) is 0 Å². The van der Waals surface area contributed by atoms with Crippen LogP contribution in [0, 0.1) is 5.82 Å². The Kier molecular flexibility index (Phi) is 6.09. The summed E-state index contributed by atoms with van der Waals surface area (Å²) < 4.78 is 13.1. The molecule has 2 rings (SSSR count). The van der Waals surface area contributed by atoms with Gasteiger partial charge >= 0.3 is 0 Å². The summed E-state index contributed by atoms with van der Waals surface area (Å²) in [5.41, 5.74) is 8.52. The first-order valence-corrected chi connectivity index (χ1v) is 8.40. The third kappa shape index (κ3) is 4.73. The van der Waals surface area contributed by atoms with Gasteiger partial charge in [-0.25, -0.2) is 4.39 Å². The lowest BCUT2D eigenvalue weighted by atomic mass is 10.0. The van der Waals surface area contributed by atoms with Crippen LogP contribution in [-0.4, -0.2) is 6.04 Å². The molecule has 2 atom stereocenters.